The van der Waals surface area contributed by atoms with Gasteiger partial charge in [-0.3, -0.25) is 4.79 Å². The fraction of sp³-hybridized carbons (Fsp3) is 0.562. The Labute approximate surface area is 118 Å². The van der Waals surface area contributed by atoms with E-state index in [1.54, 1.807) is 6.07 Å². The highest BCUT2D eigenvalue weighted by Gasteiger charge is 2.47. The summed E-state index contributed by atoms with van der Waals surface area (Å²) in [4.78, 5) is 12.5. The van der Waals surface area contributed by atoms with Crippen molar-refractivity contribution >= 4 is 5.91 Å². The number of benzene rings is 1. The summed E-state index contributed by atoms with van der Waals surface area (Å²) in [5.41, 5.74) is 6.29. The van der Waals surface area contributed by atoms with Gasteiger partial charge in [-0.15, -0.1) is 0 Å². The topological polar surface area (TPSA) is 55.1 Å². The third-order valence-electron chi connectivity index (χ3n) is 4.79. The lowest BCUT2D eigenvalue weighted by atomic mass is 9.94. The summed E-state index contributed by atoms with van der Waals surface area (Å²) < 4.78 is 13.4. The first-order valence-corrected chi connectivity index (χ1v) is 7.43. The minimum Gasteiger partial charge on any atom is -0.346 e. The van der Waals surface area contributed by atoms with Gasteiger partial charge in [0, 0.05) is 5.92 Å². The zero-order valence-electron chi connectivity index (χ0n) is 11.6. The SMILES string of the molecule is NC[C@H]1CCC[C@H]1C(=O)NC1(c2cccc(F)c2)CC1. The van der Waals surface area contributed by atoms with Gasteiger partial charge in [0.05, 0.1) is 5.54 Å². The van der Waals surface area contributed by atoms with Gasteiger partial charge in [-0.05, 0) is 55.8 Å². The molecule has 3 rings (SSSR count). The maximum atomic E-state index is 13.4. The van der Waals surface area contributed by atoms with Crippen LogP contribution in [0.1, 0.15) is 37.7 Å². The molecule has 0 spiro atoms. The van der Waals surface area contributed by atoms with Crippen LogP contribution in [0.3, 0.4) is 0 Å². The standard InChI is InChI=1S/C16H21FN2O/c17-13-5-2-4-12(9-13)16(7-8-16)19-15(20)14-6-1-3-11(14)10-18/h2,4-5,9,11,14H,1,3,6-8,10,18H2,(H,19,20)/t11-,14-/m1/s1. The van der Waals surface area contributed by atoms with Crippen molar-refractivity contribution in [2.45, 2.75) is 37.6 Å². The Morgan fingerprint density at radius 2 is 2.20 bits per heavy atom. The summed E-state index contributed by atoms with van der Waals surface area (Å²) in [5, 5.41) is 3.16. The minimum absolute atomic E-state index is 0.0334. The molecule has 3 N–H and O–H groups in total. The molecule has 2 aliphatic carbocycles. The van der Waals surface area contributed by atoms with E-state index in [9.17, 15) is 9.18 Å². The Hall–Kier alpha value is -1.42. The smallest absolute Gasteiger partial charge is 0.224 e. The van der Waals surface area contributed by atoms with Crippen molar-refractivity contribution < 1.29 is 9.18 Å². The third-order valence-corrected chi connectivity index (χ3v) is 4.79. The predicted octanol–water partition coefficient (Wildman–Crippen LogP) is 2.31. The quantitative estimate of drug-likeness (QED) is 0.886. The van der Waals surface area contributed by atoms with Crippen molar-refractivity contribution in [2.24, 2.45) is 17.6 Å². The Morgan fingerprint density at radius 3 is 2.85 bits per heavy atom. The maximum absolute atomic E-state index is 13.4. The van der Waals surface area contributed by atoms with Gasteiger partial charge in [0.1, 0.15) is 5.82 Å². The molecule has 0 unspecified atom stereocenters. The van der Waals surface area contributed by atoms with Crippen LogP contribution in [0, 0.1) is 17.7 Å². The van der Waals surface area contributed by atoms with Crippen LogP contribution in [-0.4, -0.2) is 12.5 Å². The molecule has 3 nitrogen and oxygen atoms in total. The molecule has 2 aliphatic rings. The molecule has 0 radical (unpaired) electrons. The van der Waals surface area contributed by atoms with Crippen molar-refractivity contribution in [3.05, 3.63) is 35.6 Å². The highest BCUT2D eigenvalue weighted by atomic mass is 19.1. The number of carbonyl (C=O) groups excluding carboxylic acids is 1. The number of rotatable bonds is 4. The van der Waals surface area contributed by atoms with E-state index in [0.717, 1.165) is 37.7 Å². The summed E-state index contributed by atoms with van der Waals surface area (Å²) in [6, 6.07) is 6.56. The molecule has 108 valence electrons. The van der Waals surface area contributed by atoms with Gasteiger partial charge in [0.25, 0.3) is 0 Å². The number of hydrogen-bond acceptors (Lipinski definition) is 2. The van der Waals surface area contributed by atoms with E-state index < -0.39 is 0 Å². The summed E-state index contributed by atoms with van der Waals surface area (Å²) in [7, 11) is 0. The zero-order valence-corrected chi connectivity index (χ0v) is 11.6. The lowest BCUT2D eigenvalue weighted by Gasteiger charge is -2.23. The molecule has 0 bridgehead atoms. The molecule has 1 aromatic carbocycles. The van der Waals surface area contributed by atoms with Crippen LogP contribution >= 0.6 is 0 Å². The Balaban J connectivity index is 1.72. The second-order valence-electron chi connectivity index (χ2n) is 6.11. The van der Waals surface area contributed by atoms with Gasteiger partial charge in [-0.25, -0.2) is 4.39 Å². The van der Waals surface area contributed by atoms with E-state index in [1.165, 1.54) is 12.1 Å². The molecular weight excluding hydrogens is 255 g/mol. The number of amides is 1. The van der Waals surface area contributed by atoms with Crippen LogP contribution < -0.4 is 11.1 Å². The molecule has 2 fully saturated rings. The van der Waals surface area contributed by atoms with Crippen LogP contribution in [-0.2, 0) is 10.3 Å². The maximum Gasteiger partial charge on any atom is 0.224 e. The van der Waals surface area contributed by atoms with Crippen molar-refractivity contribution in [3.63, 3.8) is 0 Å². The van der Waals surface area contributed by atoms with Crippen molar-refractivity contribution in [3.8, 4) is 0 Å². The highest BCUT2D eigenvalue weighted by molar-refractivity contribution is 5.80. The molecule has 4 heteroatoms. The molecular formula is C16H21FN2O. The summed E-state index contributed by atoms with van der Waals surface area (Å²) in [6.45, 7) is 0.574. The van der Waals surface area contributed by atoms with Crippen LogP contribution in [0.4, 0.5) is 4.39 Å². The largest absolute Gasteiger partial charge is 0.346 e. The molecule has 2 atom stereocenters. The number of nitrogens with two attached hydrogens (primary N) is 1. The van der Waals surface area contributed by atoms with Gasteiger partial charge >= 0.3 is 0 Å². The Morgan fingerprint density at radius 1 is 1.40 bits per heavy atom. The van der Waals surface area contributed by atoms with Crippen LogP contribution in [0.2, 0.25) is 0 Å². The first-order chi connectivity index (χ1) is 9.64. The molecule has 0 saturated heterocycles. The number of hydrogen-bond donors (Lipinski definition) is 2. The molecule has 0 heterocycles. The molecule has 0 aromatic heterocycles. The van der Waals surface area contributed by atoms with E-state index in [1.807, 2.05) is 6.07 Å². The fourth-order valence-electron chi connectivity index (χ4n) is 3.39. The van der Waals surface area contributed by atoms with Crippen molar-refractivity contribution in [2.75, 3.05) is 6.54 Å². The third kappa shape index (κ3) is 2.44. The Kier molecular flexibility index (Phi) is 3.50. The van der Waals surface area contributed by atoms with Crippen molar-refractivity contribution in [1.29, 1.82) is 0 Å². The zero-order chi connectivity index (χ0) is 14.2. The van der Waals surface area contributed by atoms with Crippen LogP contribution in [0.25, 0.3) is 0 Å². The van der Waals surface area contributed by atoms with E-state index in [0.29, 0.717) is 12.5 Å². The highest BCUT2D eigenvalue weighted by Crippen LogP contribution is 2.46. The first-order valence-electron chi connectivity index (χ1n) is 7.43. The average molecular weight is 276 g/mol. The van der Waals surface area contributed by atoms with Gasteiger partial charge in [0.2, 0.25) is 5.91 Å². The summed E-state index contributed by atoms with van der Waals surface area (Å²) >= 11 is 0. The van der Waals surface area contributed by atoms with E-state index in [-0.39, 0.29) is 23.2 Å². The van der Waals surface area contributed by atoms with E-state index in [2.05, 4.69) is 5.32 Å². The van der Waals surface area contributed by atoms with Gasteiger partial charge < -0.3 is 11.1 Å². The van der Waals surface area contributed by atoms with Gasteiger partial charge in [0.15, 0.2) is 0 Å². The average Bonchev–Trinajstić information content (AvgIpc) is 3.06. The summed E-state index contributed by atoms with van der Waals surface area (Å²) in [5.74, 6) is 0.188. The van der Waals surface area contributed by atoms with Crippen molar-refractivity contribution in [1.82, 2.24) is 5.32 Å². The van der Waals surface area contributed by atoms with E-state index >= 15 is 0 Å². The van der Waals surface area contributed by atoms with Gasteiger partial charge in [-0.2, -0.15) is 0 Å². The van der Waals surface area contributed by atoms with E-state index in [4.69, 9.17) is 5.73 Å². The lowest BCUT2D eigenvalue weighted by molar-refractivity contribution is -0.127. The second-order valence-corrected chi connectivity index (χ2v) is 6.11. The molecule has 1 amide bonds. The monoisotopic (exact) mass is 276 g/mol. The van der Waals surface area contributed by atoms with Gasteiger partial charge in [-0.1, -0.05) is 18.6 Å². The molecule has 0 aliphatic heterocycles. The minimum atomic E-state index is -0.332. The number of halogens is 1. The predicted molar refractivity (Wildman–Crippen MR) is 75.3 cm³/mol. The molecule has 1 aromatic rings. The lowest BCUT2D eigenvalue weighted by Crippen LogP contribution is -2.41. The second kappa shape index (κ2) is 5.17. The van der Waals surface area contributed by atoms with Crippen LogP contribution in [0.15, 0.2) is 24.3 Å². The number of carbonyl (C=O) groups is 1. The normalized spacial score (nSPS) is 27.3. The first kappa shape index (κ1) is 13.6. The fourth-order valence-corrected chi connectivity index (χ4v) is 3.39. The summed E-state index contributed by atoms with van der Waals surface area (Å²) in [6.07, 6.45) is 4.83. The van der Waals surface area contributed by atoms with Crippen LogP contribution in [0.5, 0.6) is 0 Å². The Bertz CT molecular complexity index is 513. The molecule has 2 saturated carbocycles. The molecule has 20 heavy (non-hydrogen) atoms. The number of nitrogens with one attached hydrogen (secondary N) is 1.